The van der Waals surface area contributed by atoms with E-state index in [9.17, 15) is 24.8 Å². The smallest absolute Gasteiger partial charge is 0.330 e. The van der Waals surface area contributed by atoms with Crippen LogP contribution in [-0.2, 0) is 14.1 Å². The van der Waals surface area contributed by atoms with Crippen molar-refractivity contribution in [3.05, 3.63) is 85.7 Å². The lowest BCUT2D eigenvalue weighted by Gasteiger charge is -2.11. The Morgan fingerprint density at radius 1 is 1.00 bits per heavy atom. The fraction of sp³-hybridized carbons (Fsp3) is 0.100. The van der Waals surface area contributed by atoms with Crippen LogP contribution in [-0.4, -0.2) is 23.7 Å². The quantitative estimate of drug-likeness (QED) is 0.425. The van der Waals surface area contributed by atoms with E-state index in [2.05, 4.69) is 0 Å². The number of nitro benzene ring substituents is 1. The highest BCUT2D eigenvalue weighted by Gasteiger charge is 2.22. The van der Waals surface area contributed by atoms with E-state index in [1.54, 1.807) is 35.0 Å². The van der Waals surface area contributed by atoms with Gasteiger partial charge in [0.2, 0.25) is 0 Å². The molecule has 0 saturated carbocycles. The molecule has 0 aliphatic carbocycles. The van der Waals surface area contributed by atoms with Gasteiger partial charge >= 0.3 is 5.69 Å². The normalized spacial score (nSPS) is 11.1. The fourth-order valence-corrected chi connectivity index (χ4v) is 3.45. The van der Waals surface area contributed by atoms with E-state index in [-0.39, 0.29) is 16.8 Å². The van der Waals surface area contributed by atoms with Crippen molar-refractivity contribution in [2.75, 3.05) is 0 Å². The summed E-state index contributed by atoms with van der Waals surface area (Å²) in [5.41, 5.74) is 0.320. The number of fused-ring (bicyclic) bond motifs is 1. The highest BCUT2D eigenvalue weighted by atomic mass is 16.6. The molecule has 0 aliphatic rings. The Morgan fingerprint density at radius 3 is 2.41 bits per heavy atom. The van der Waals surface area contributed by atoms with Crippen molar-refractivity contribution in [3.8, 4) is 22.7 Å². The molecule has 9 heteroatoms. The summed E-state index contributed by atoms with van der Waals surface area (Å²) in [4.78, 5) is 36.1. The Hall–Kier alpha value is -4.14. The summed E-state index contributed by atoms with van der Waals surface area (Å²) in [7, 11) is 2.91. The lowest BCUT2D eigenvalue weighted by molar-refractivity contribution is -0.384. The van der Waals surface area contributed by atoms with Gasteiger partial charge in [0.25, 0.3) is 11.2 Å². The van der Waals surface area contributed by atoms with E-state index in [0.717, 1.165) is 4.57 Å². The second-order valence-corrected chi connectivity index (χ2v) is 6.61. The summed E-state index contributed by atoms with van der Waals surface area (Å²) >= 11 is 0. The minimum Gasteiger partial charge on any atom is -0.506 e. The molecule has 9 nitrogen and oxygen atoms in total. The van der Waals surface area contributed by atoms with Gasteiger partial charge in [0.15, 0.2) is 0 Å². The Balaban J connectivity index is 2.22. The third-order valence-electron chi connectivity index (χ3n) is 4.91. The van der Waals surface area contributed by atoms with Crippen LogP contribution in [0.25, 0.3) is 27.8 Å². The molecule has 0 spiro atoms. The second kappa shape index (κ2) is 6.48. The molecule has 0 bridgehead atoms. The van der Waals surface area contributed by atoms with Crippen molar-refractivity contribution in [1.82, 2.24) is 13.7 Å². The van der Waals surface area contributed by atoms with Crippen molar-refractivity contribution in [2.45, 2.75) is 0 Å². The highest BCUT2D eigenvalue weighted by Crippen LogP contribution is 2.34. The number of hydrogen-bond acceptors (Lipinski definition) is 5. The van der Waals surface area contributed by atoms with E-state index in [1.165, 1.54) is 42.9 Å². The zero-order valence-corrected chi connectivity index (χ0v) is 15.6. The number of benzene rings is 2. The zero-order chi connectivity index (χ0) is 20.9. The number of aryl methyl sites for hydroxylation is 1. The summed E-state index contributed by atoms with van der Waals surface area (Å²) in [6.45, 7) is 0. The average molecular weight is 392 g/mol. The Bertz CT molecular complexity index is 1410. The maximum atomic E-state index is 13.0. The summed E-state index contributed by atoms with van der Waals surface area (Å²) < 4.78 is 3.88. The molecule has 2 heterocycles. The number of nitro groups is 1. The number of hydrogen-bond donors (Lipinski definition) is 1. The molecule has 146 valence electrons. The predicted molar refractivity (Wildman–Crippen MR) is 108 cm³/mol. The van der Waals surface area contributed by atoms with Gasteiger partial charge in [-0.15, -0.1) is 0 Å². The van der Waals surface area contributed by atoms with Crippen molar-refractivity contribution in [2.24, 2.45) is 14.1 Å². The lowest BCUT2D eigenvalue weighted by atomic mass is 10.1. The van der Waals surface area contributed by atoms with Gasteiger partial charge in [0.1, 0.15) is 5.75 Å². The molecule has 29 heavy (non-hydrogen) atoms. The third-order valence-corrected chi connectivity index (χ3v) is 4.91. The summed E-state index contributed by atoms with van der Waals surface area (Å²) in [5.74, 6) is -0.0405. The van der Waals surface area contributed by atoms with Gasteiger partial charge in [0, 0.05) is 38.0 Å². The molecule has 0 unspecified atom stereocenters. The van der Waals surface area contributed by atoms with E-state index >= 15 is 0 Å². The minimum atomic E-state index is -0.529. The first-order valence-electron chi connectivity index (χ1n) is 8.65. The summed E-state index contributed by atoms with van der Waals surface area (Å²) in [5, 5.41) is 21.9. The summed E-state index contributed by atoms with van der Waals surface area (Å²) in [6, 6.07) is 12.4. The van der Waals surface area contributed by atoms with Gasteiger partial charge in [-0.2, -0.15) is 0 Å². The van der Waals surface area contributed by atoms with Crippen LogP contribution in [0.4, 0.5) is 5.69 Å². The Kier molecular flexibility index (Phi) is 4.08. The molecule has 0 fully saturated rings. The van der Waals surface area contributed by atoms with Gasteiger partial charge in [-0.1, -0.05) is 24.3 Å². The van der Waals surface area contributed by atoms with Crippen molar-refractivity contribution >= 4 is 16.6 Å². The highest BCUT2D eigenvalue weighted by molar-refractivity contribution is 5.95. The second-order valence-electron chi connectivity index (χ2n) is 6.61. The van der Waals surface area contributed by atoms with Crippen LogP contribution in [0.2, 0.25) is 0 Å². The van der Waals surface area contributed by atoms with Gasteiger partial charge in [0.05, 0.1) is 27.2 Å². The van der Waals surface area contributed by atoms with Crippen molar-refractivity contribution < 1.29 is 10.0 Å². The minimum absolute atomic E-state index is 0.0405. The molecule has 0 aliphatic heterocycles. The lowest BCUT2D eigenvalue weighted by Crippen LogP contribution is -2.36. The van der Waals surface area contributed by atoms with E-state index in [1.807, 2.05) is 0 Å². The zero-order valence-electron chi connectivity index (χ0n) is 15.6. The maximum Gasteiger partial charge on any atom is 0.330 e. The van der Waals surface area contributed by atoms with Crippen LogP contribution in [0.3, 0.4) is 0 Å². The number of aromatic hydroxyl groups is 1. The SMILES string of the molecule is Cn1c(=O)c2c(-c3cccc([N+](=O)[O-])c3)n(-c3ccccc3O)cc2n(C)c1=O. The molecule has 0 amide bonds. The fourth-order valence-electron chi connectivity index (χ4n) is 3.45. The van der Waals surface area contributed by atoms with E-state index < -0.39 is 16.2 Å². The number of para-hydroxylation sites is 2. The number of phenolic OH excluding ortho intramolecular Hbond substituents is 1. The standard InChI is InChI=1S/C20H16N4O5/c1-21-15-11-23(14-8-3-4-9-16(14)25)18(17(15)19(26)22(2)20(21)27)12-6-5-7-13(10-12)24(28)29/h3-11,25H,1-2H3. The number of rotatable bonds is 3. The third kappa shape index (κ3) is 2.71. The van der Waals surface area contributed by atoms with Crippen LogP contribution in [0, 0.1) is 10.1 Å². The molecule has 1 N–H and O–H groups in total. The van der Waals surface area contributed by atoms with Crippen LogP contribution < -0.4 is 11.2 Å². The molecule has 4 aromatic rings. The number of aromatic nitrogens is 3. The molecule has 2 aromatic heterocycles. The monoisotopic (exact) mass is 392 g/mol. The first kappa shape index (κ1) is 18.2. The number of nitrogens with zero attached hydrogens (tertiary/aromatic N) is 4. The van der Waals surface area contributed by atoms with Crippen molar-refractivity contribution in [1.29, 1.82) is 0 Å². The van der Waals surface area contributed by atoms with Gasteiger partial charge in [-0.25, -0.2) is 4.79 Å². The van der Waals surface area contributed by atoms with Crippen LogP contribution >= 0.6 is 0 Å². The molecule has 0 saturated heterocycles. The van der Waals surface area contributed by atoms with Crippen LogP contribution in [0.5, 0.6) is 5.75 Å². The van der Waals surface area contributed by atoms with Crippen molar-refractivity contribution in [3.63, 3.8) is 0 Å². The Labute approximate surface area is 163 Å². The number of non-ortho nitro benzene ring substituents is 1. The topological polar surface area (TPSA) is 112 Å². The molecule has 2 aromatic carbocycles. The first-order valence-corrected chi connectivity index (χ1v) is 8.65. The summed E-state index contributed by atoms with van der Waals surface area (Å²) in [6.07, 6.45) is 1.57. The average Bonchev–Trinajstić information content (AvgIpc) is 3.11. The maximum absolute atomic E-state index is 13.0. The molecular formula is C20H16N4O5. The molecule has 0 atom stereocenters. The van der Waals surface area contributed by atoms with Crippen LogP contribution in [0.1, 0.15) is 0 Å². The van der Waals surface area contributed by atoms with E-state index in [4.69, 9.17) is 0 Å². The number of phenols is 1. The Morgan fingerprint density at radius 2 is 1.72 bits per heavy atom. The van der Waals surface area contributed by atoms with Gasteiger partial charge in [-0.3, -0.25) is 24.0 Å². The van der Waals surface area contributed by atoms with E-state index in [0.29, 0.717) is 22.5 Å². The first-order chi connectivity index (χ1) is 13.8. The van der Waals surface area contributed by atoms with Gasteiger partial charge in [-0.05, 0) is 12.1 Å². The van der Waals surface area contributed by atoms with Gasteiger partial charge < -0.3 is 9.67 Å². The van der Waals surface area contributed by atoms with Crippen LogP contribution in [0.15, 0.2) is 64.3 Å². The molecular weight excluding hydrogens is 376 g/mol. The predicted octanol–water partition coefficient (Wildman–Crippen LogP) is 2.31. The molecule has 4 rings (SSSR count). The largest absolute Gasteiger partial charge is 0.506 e. The molecule has 0 radical (unpaired) electrons.